The van der Waals surface area contributed by atoms with Crippen molar-refractivity contribution in [3.8, 4) is 0 Å². The summed E-state index contributed by atoms with van der Waals surface area (Å²) in [6, 6.07) is 12.8. The zero-order valence-electron chi connectivity index (χ0n) is 19.6. The molecule has 2 fully saturated rings. The van der Waals surface area contributed by atoms with Crippen LogP contribution < -0.4 is 4.90 Å². The van der Waals surface area contributed by atoms with Crippen molar-refractivity contribution in [1.29, 1.82) is 0 Å². The molecule has 2 aliphatic heterocycles. The van der Waals surface area contributed by atoms with Crippen LogP contribution in [0.15, 0.2) is 48.7 Å². The molecule has 0 N–H and O–H groups in total. The highest BCUT2D eigenvalue weighted by Gasteiger charge is 2.32. The van der Waals surface area contributed by atoms with Gasteiger partial charge in [0.15, 0.2) is 0 Å². The highest BCUT2D eigenvalue weighted by molar-refractivity contribution is 6.31. The van der Waals surface area contributed by atoms with E-state index in [-0.39, 0.29) is 11.9 Å². The summed E-state index contributed by atoms with van der Waals surface area (Å²) < 4.78 is 5.07. The van der Waals surface area contributed by atoms with Crippen molar-refractivity contribution in [2.75, 3.05) is 70.9 Å². The molecular weight excluding hydrogens is 454 g/mol. The molecule has 2 aliphatic rings. The Bertz CT molecular complexity index is 960. The molecule has 1 aromatic heterocycles. The Morgan fingerprint density at radius 2 is 1.68 bits per heavy atom. The third-order valence-electron chi connectivity index (χ3n) is 6.64. The van der Waals surface area contributed by atoms with Gasteiger partial charge in [-0.3, -0.25) is 9.69 Å². The number of anilines is 1. The lowest BCUT2D eigenvalue weighted by Gasteiger charge is -2.39. The van der Waals surface area contributed by atoms with Gasteiger partial charge in [-0.05, 0) is 23.8 Å². The molecule has 8 nitrogen and oxygen atoms in total. The molecule has 1 atom stereocenters. The van der Waals surface area contributed by atoms with Gasteiger partial charge in [-0.25, -0.2) is 9.78 Å². The van der Waals surface area contributed by atoms with Gasteiger partial charge in [0.25, 0.3) is 0 Å². The minimum atomic E-state index is -0.516. The summed E-state index contributed by atoms with van der Waals surface area (Å²) in [4.78, 5) is 38.3. The van der Waals surface area contributed by atoms with Gasteiger partial charge in [0.2, 0.25) is 5.91 Å². The van der Waals surface area contributed by atoms with Crippen LogP contribution in [0.3, 0.4) is 0 Å². The topological polar surface area (TPSA) is 69.2 Å². The van der Waals surface area contributed by atoms with Gasteiger partial charge in [0.05, 0.1) is 7.11 Å². The monoisotopic (exact) mass is 485 g/mol. The van der Waals surface area contributed by atoms with Crippen LogP contribution in [-0.4, -0.2) is 97.6 Å². The Kier molecular flexibility index (Phi) is 8.37. The third-order valence-corrected chi connectivity index (χ3v) is 6.99. The number of aromatic nitrogens is 1. The van der Waals surface area contributed by atoms with Crippen molar-refractivity contribution in [2.45, 2.75) is 12.5 Å². The largest absolute Gasteiger partial charge is 0.468 e. The zero-order valence-corrected chi connectivity index (χ0v) is 20.4. The first-order chi connectivity index (χ1) is 16.6. The molecule has 4 rings (SSSR count). The average molecular weight is 486 g/mol. The van der Waals surface area contributed by atoms with Crippen molar-refractivity contribution in [1.82, 2.24) is 19.7 Å². The zero-order chi connectivity index (χ0) is 23.9. The molecule has 3 heterocycles. The van der Waals surface area contributed by atoms with Gasteiger partial charge in [0, 0.05) is 76.5 Å². The molecule has 0 radical (unpaired) electrons. The number of esters is 1. The standard InChI is InChI=1S/C25H32ClN5O3/c1-34-25(33)24(20-6-2-3-7-21(20)26)31-14-12-28(13-15-31)11-9-23(32)30-18-16-29(17-19-30)22-8-4-5-10-27-22/h2-8,10,24H,9,11-19H2,1H3. The second kappa shape index (κ2) is 11.6. The van der Waals surface area contributed by atoms with Crippen molar-refractivity contribution in [2.24, 2.45) is 0 Å². The lowest BCUT2D eigenvalue weighted by Crippen LogP contribution is -2.51. The summed E-state index contributed by atoms with van der Waals surface area (Å²) in [5, 5.41) is 0.564. The molecule has 182 valence electrons. The first-order valence-electron chi connectivity index (χ1n) is 11.8. The van der Waals surface area contributed by atoms with Crippen molar-refractivity contribution in [3.05, 3.63) is 59.2 Å². The van der Waals surface area contributed by atoms with Crippen LogP contribution in [0.1, 0.15) is 18.0 Å². The first-order valence-corrected chi connectivity index (χ1v) is 12.2. The Labute approximate surface area is 206 Å². The molecular formula is C25H32ClN5O3. The van der Waals surface area contributed by atoms with E-state index in [2.05, 4.69) is 19.7 Å². The van der Waals surface area contributed by atoms with Crippen LogP contribution in [0.25, 0.3) is 0 Å². The summed E-state index contributed by atoms with van der Waals surface area (Å²) in [5.74, 6) is 0.864. The number of carbonyl (C=O) groups excluding carboxylic acids is 2. The molecule has 0 spiro atoms. The Morgan fingerprint density at radius 3 is 2.32 bits per heavy atom. The second-order valence-electron chi connectivity index (χ2n) is 8.63. The van der Waals surface area contributed by atoms with E-state index < -0.39 is 6.04 Å². The number of hydrogen-bond donors (Lipinski definition) is 0. The number of amides is 1. The molecule has 0 aliphatic carbocycles. The lowest BCUT2D eigenvalue weighted by molar-refractivity contribution is -0.148. The minimum Gasteiger partial charge on any atom is -0.468 e. The van der Waals surface area contributed by atoms with E-state index in [0.717, 1.165) is 57.2 Å². The lowest BCUT2D eigenvalue weighted by atomic mass is 10.0. The smallest absolute Gasteiger partial charge is 0.327 e. The molecule has 0 saturated carbocycles. The average Bonchev–Trinajstić information content (AvgIpc) is 2.89. The number of methoxy groups -OCH3 is 1. The first kappa shape index (κ1) is 24.4. The summed E-state index contributed by atoms with van der Waals surface area (Å²) in [5.41, 5.74) is 0.768. The third kappa shape index (κ3) is 5.87. The minimum absolute atomic E-state index is 0.201. The number of carbonyl (C=O) groups is 2. The molecule has 2 aromatic rings. The summed E-state index contributed by atoms with van der Waals surface area (Å²) in [7, 11) is 1.41. The fraction of sp³-hybridized carbons (Fsp3) is 0.480. The molecule has 1 aromatic carbocycles. The number of pyridine rings is 1. The van der Waals surface area contributed by atoms with Gasteiger partial charge in [-0.15, -0.1) is 0 Å². The van der Waals surface area contributed by atoms with E-state index >= 15 is 0 Å². The normalized spacial score (nSPS) is 18.5. The number of ether oxygens (including phenoxy) is 1. The Balaban J connectivity index is 1.24. The maximum absolute atomic E-state index is 12.8. The molecule has 1 unspecified atom stereocenters. The molecule has 1 amide bonds. The molecule has 0 bridgehead atoms. The van der Waals surface area contributed by atoms with Gasteiger partial charge in [-0.2, -0.15) is 0 Å². The summed E-state index contributed by atoms with van der Waals surface area (Å²) >= 11 is 6.38. The highest BCUT2D eigenvalue weighted by Crippen LogP contribution is 2.29. The van der Waals surface area contributed by atoms with Crippen LogP contribution in [0, 0.1) is 0 Å². The van der Waals surface area contributed by atoms with E-state index in [0.29, 0.717) is 24.5 Å². The van der Waals surface area contributed by atoms with Crippen LogP contribution in [0.2, 0.25) is 5.02 Å². The van der Waals surface area contributed by atoms with Crippen molar-refractivity contribution in [3.63, 3.8) is 0 Å². The number of piperazine rings is 2. The SMILES string of the molecule is COC(=O)C(c1ccccc1Cl)N1CCN(CCC(=O)N2CCN(c3ccccn3)CC2)CC1. The Morgan fingerprint density at radius 1 is 0.971 bits per heavy atom. The summed E-state index contributed by atoms with van der Waals surface area (Å²) in [6.45, 7) is 6.78. The van der Waals surface area contributed by atoms with Crippen LogP contribution in [-0.2, 0) is 14.3 Å². The fourth-order valence-corrected chi connectivity index (χ4v) is 4.90. The predicted octanol–water partition coefficient (Wildman–Crippen LogP) is 2.31. The Hall–Kier alpha value is -2.68. The van der Waals surface area contributed by atoms with Crippen LogP contribution >= 0.6 is 11.6 Å². The molecule has 34 heavy (non-hydrogen) atoms. The van der Waals surface area contributed by atoms with Gasteiger partial charge < -0.3 is 19.4 Å². The quantitative estimate of drug-likeness (QED) is 0.557. The number of hydrogen-bond acceptors (Lipinski definition) is 7. The van der Waals surface area contributed by atoms with Gasteiger partial charge in [-0.1, -0.05) is 35.9 Å². The highest BCUT2D eigenvalue weighted by atomic mass is 35.5. The van der Waals surface area contributed by atoms with Gasteiger partial charge in [0.1, 0.15) is 11.9 Å². The number of rotatable bonds is 7. The van der Waals surface area contributed by atoms with Crippen LogP contribution in [0.4, 0.5) is 5.82 Å². The fourth-order valence-electron chi connectivity index (χ4n) is 4.66. The predicted molar refractivity (Wildman–Crippen MR) is 132 cm³/mol. The molecule has 2 saturated heterocycles. The number of halogens is 1. The summed E-state index contributed by atoms with van der Waals surface area (Å²) in [6.07, 6.45) is 2.31. The van der Waals surface area contributed by atoms with E-state index in [9.17, 15) is 9.59 Å². The van der Waals surface area contributed by atoms with Gasteiger partial charge >= 0.3 is 5.97 Å². The van der Waals surface area contributed by atoms with E-state index in [1.165, 1.54) is 7.11 Å². The van der Waals surface area contributed by atoms with E-state index in [1.807, 2.05) is 41.3 Å². The number of benzene rings is 1. The van der Waals surface area contributed by atoms with E-state index in [4.69, 9.17) is 16.3 Å². The van der Waals surface area contributed by atoms with Crippen LogP contribution in [0.5, 0.6) is 0 Å². The van der Waals surface area contributed by atoms with Crippen molar-refractivity contribution < 1.29 is 14.3 Å². The van der Waals surface area contributed by atoms with Crippen molar-refractivity contribution >= 4 is 29.3 Å². The number of nitrogens with zero attached hydrogens (tertiary/aromatic N) is 5. The maximum atomic E-state index is 12.8. The molecule has 9 heteroatoms. The maximum Gasteiger partial charge on any atom is 0.327 e. The van der Waals surface area contributed by atoms with E-state index in [1.54, 1.807) is 12.3 Å². The second-order valence-corrected chi connectivity index (χ2v) is 9.04.